The Kier molecular flexibility index (Phi) is 2.56. The molecule has 0 unspecified atom stereocenters. The Morgan fingerprint density at radius 1 is 1.36 bits per heavy atom. The third-order valence-corrected chi connectivity index (χ3v) is 2.35. The lowest BCUT2D eigenvalue weighted by molar-refractivity contribution is 0.540. The maximum atomic E-state index is 5.98. The largest absolute Gasteiger partial charge is 0.440 e. The summed E-state index contributed by atoms with van der Waals surface area (Å²) in [4.78, 5) is 8.17. The van der Waals surface area contributed by atoms with Crippen molar-refractivity contribution >= 4 is 27.5 Å². The van der Waals surface area contributed by atoms with E-state index in [9.17, 15) is 0 Å². The van der Waals surface area contributed by atoms with Gasteiger partial charge in [0.05, 0.1) is 11.2 Å². The molecular formula is C9H6BrClN2O. The zero-order chi connectivity index (χ0) is 10.1. The minimum atomic E-state index is 0.444. The summed E-state index contributed by atoms with van der Waals surface area (Å²) < 4.78 is 6.15. The number of rotatable bonds is 1. The van der Waals surface area contributed by atoms with E-state index in [1.807, 2.05) is 6.92 Å². The Hall–Kier alpha value is -0.870. The van der Waals surface area contributed by atoms with Gasteiger partial charge in [0.15, 0.2) is 0 Å². The first-order valence-corrected chi connectivity index (χ1v) is 5.08. The lowest BCUT2D eigenvalue weighted by atomic mass is 10.3. The zero-order valence-corrected chi connectivity index (χ0v) is 9.63. The average molecular weight is 274 g/mol. The van der Waals surface area contributed by atoms with E-state index in [1.54, 1.807) is 18.5 Å². The molecule has 2 heterocycles. The summed E-state index contributed by atoms with van der Waals surface area (Å²) in [6, 6.07) is 1.75. The van der Waals surface area contributed by atoms with Crippen LogP contribution in [-0.2, 0) is 0 Å². The van der Waals surface area contributed by atoms with Crippen LogP contribution in [0.25, 0.3) is 11.6 Å². The van der Waals surface area contributed by atoms with Crippen LogP contribution in [0, 0.1) is 6.92 Å². The Balaban J connectivity index is 2.52. The van der Waals surface area contributed by atoms with Gasteiger partial charge >= 0.3 is 0 Å². The number of pyridine rings is 1. The Morgan fingerprint density at radius 2 is 2.14 bits per heavy atom. The van der Waals surface area contributed by atoms with E-state index < -0.39 is 0 Å². The first-order chi connectivity index (χ1) is 6.66. The Bertz CT molecular complexity index is 470. The van der Waals surface area contributed by atoms with E-state index in [-0.39, 0.29) is 0 Å². The smallest absolute Gasteiger partial charge is 0.246 e. The molecule has 0 aliphatic heterocycles. The van der Waals surface area contributed by atoms with Gasteiger partial charge in [-0.2, -0.15) is 0 Å². The van der Waals surface area contributed by atoms with E-state index in [1.165, 1.54) is 0 Å². The highest BCUT2D eigenvalue weighted by atomic mass is 79.9. The molecule has 3 nitrogen and oxygen atoms in total. The maximum absolute atomic E-state index is 5.98. The third kappa shape index (κ3) is 1.81. The van der Waals surface area contributed by atoms with Gasteiger partial charge in [-0.1, -0.05) is 11.6 Å². The van der Waals surface area contributed by atoms with Crippen LogP contribution in [0.4, 0.5) is 0 Å². The van der Waals surface area contributed by atoms with Crippen LogP contribution >= 0.6 is 27.5 Å². The molecule has 14 heavy (non-hydrogen) atoms. The van der Waals surface area contributed by atoms with E-state index in [0.29, 0.717) is 16.6 Å². The number of oxazole rings is 1. The quantitative estimate of drug-likeness (QED) is 0.798. The maximum Gasteiger partial charge on any atom is 0.246 e. The van der Waals surface area contributed by atoms with Crippen LogP contribution in [0.3, 0.4) is 0 Å². The van der Waals surface area contributed by atoms with E-state index in [0.717, 1.165) is 10.2 Å². The zero-order valence-electron chi connectivity index (χ0n) is 7.29. The fourth-order valence-corrected chi connectivity index (χ4v) is 1.75. The molecule has 0 atom stereocenters. The highest BCUT2D eigenvalue weighted by Gasteiger charge is 2.10. The van der Waals surface area contributed by atoms with Gasteiger partial charge in [0.2, 0.25) is 5.89 Å². The number of halogens is 2. The fraction of sp³-hybridized carbons (Fsp3) is 0.111. The number of aryl methyl sites for hydroxylation is 1. The molecular weight excluding hydrogens is 267 g/mol. The molecule has 2 aromatic heterocycles. The lowest BCUT2D eigenvalue weighted by Gasteiger charge is -1.98. The third-order valence-electron chi connectivity index (χ3n) is 1.63. The predicted octanol–water partition coefficient (Wildman–Crippen LogP) is 3.46. The molecule has 0 aliphatic rings. The van der Waals surface area contributed by atoms with Gasteiger partial charge in [-0.25, -0.2) is 9.97 Å². The highest BCUT2D eigenvalue weighted by Crippen LogP contribution is 2.27. The number of nitrogens with zero attached hydrogens (tertiary/aromatic N) is 2. The van der Waals surface area contributed by atoms with Gasteiger partial charge in [-0.05, 0) is 28.9 Å². The van der Waals surface area contributed by atoms with Crippen LogP contribution in [0.1, 0.15) is 5.76 Å². The fourth-order valence-electron chi connectivity index (χ4n) is 1.04. The van der Waals surface area contributed by atoms with Crippen LogP contribution in [0.5, 0.6) is 0 Å². The van der Waals surface area contributed by atoms with Crippen LogP contribution < -0.4 is 0 Å². The van der Waals surface area contributed by atoms with Crippen molar-refractivity contribution < 1.29 is 4.42 Å². The van der Waals surface area contributed by atoms with Crippen molar-refractivity contribution in [3.63, 3.8) is 0 Å². The van der Waals surface area contributed by atoms with Crippen molar-refractivity contribution in [1.29, 1.82) is 0 Å². The SMILES string of the molecule is Cc1cnc(-c2ncc(Br)cc2Cl)o1. The monoisotopic (exact) mass is 272 g/mol. The van der Waals surface area contributed by atoms with E-state index in [4.69, 9.17) is 16.0 Å². The number of aromatic nitrogens is 2. The Labute approximate surface area is 94.3 Å². The van der Waals surface area contributed by atoms with Crippen LogP contribution in [0.15, 0.2) is 27.3 Å². The molecule has 0 saturated heterocycles. The van der Waals surface area contributed by atoms with Crippen molar-refractivity contribution in [2.75, 3.05) is 0 Å². The summed E-state index contributed by atoms with van der Waals surface area (Å²) in [6.07, 6.45) is 3.29. The van der Waals surface area contributed by atoms with Gasteiger partial charge in [-0.3, -0.25) is 0 Å². The van der Waals surface area contributed by atoms with Gasteiger partial charge in [-0.15, -0.1) is 0 Å². The summed E-state index contributed by atoms with van der Waals surface area (Å²) in [5.74, 6) is 1.18. The molecule has 0 saturated carbocycles. The highest BCUT2D eigenvalue weighted by molar-refractivity contribution is 9.10. The molecule has 0 radical (unpaired) electrons. The summed E-state index contributed by atoms with van der Waals surface area (Å²) in [6.45, 7) is 1.82. The normalized spacial score (nSPS) is 10.5. The van der Waals surface area contributed by atoms with Gasteiger partial charge in [0, 0.05) is 10.7 Å². The van der Waals surface area contributed by atoms with Crippen molar-refractivity contribution in [3.05, 3.63) is 33.7 Å². The van der Waals surface area contributed by atoms with Gasteiger partial charge in [0.1, 0.15) is 11.5 Å². The van der Waals surface area contributed by atoms with Gasteiger partial charge in [0.25, 0.3) is 0 Å². The van der Waals surface area contributed by atoms with E-state index >= 15 is 0 Å². The summed E-state index contributed by atoms with van der Waals surface area (Å²) in [5.41, 5.74) is 0.558. The molecule has 0 amide bonds. The number of hydrogen-bond donors (Lipinski definition) is 0. The molecule has 0 aromatic carbocycles. The molecule has 0 N–H and O–H groups in total. The van der Waals surface area contributed by atoms with Crippen molar-refractivity contribution in [3.8, 4) is 11.6 Å². The summed E-state index contributed by atoms with van der Waals surface area (Å²) in [7, 11) is 0. The first-order valence-electron chi connectivity index (χ1n) is 3.90. The molecule has 5 heteroatoms. The standard InChI is InChI=1S/C9H6BrClN2O/c1-5-3-13-9(14-5)8-7(11)2-6(10)4-12-8/h2-4H,1H3. The van der Waals surface area contributed by atoms with Crippen LogP contribution in [-0.4, -0.2) is 9.97 Å². The van der Waals surface area contributed by atoms with E-state index in [2.05, 4.69) is 25.9 Å². The lowest BCUT2D eigenvalue weighted by Crippen LogP contribution is -1.84. The molecule has 2 rings (SSSR count). The van der Waals surface area contributed by atoms with Crippen molar-refractivity contribution in [2.24, 2.45) is 0 Å². The molecule has 2 aromatic rings. The molecule has 0 fully saturated rings. The minimum Gasteiger partial charge on any atom is -0.440 e. The second-order valence-corrected chi connectivity index (χ2v) is 4.08. The molecule has 0 aliphatic carbocycles. The topological polar surface area (TPSA) is 38.9 Å². The van der Waals surface area contributed by atoms with Gasteiger partial charge < -0.3 is 4.42 Å². The molecule has 0 bridgehead atoms. The van der Waals surface area contributed by atoms with Crippen LogP contribution in [0.2, 0.25) is 5.02 Å². The minimum absolute atomic E-state index is 0.444. The van der Waals surface area contributed by atoms with Crippen molar-refractivity contribution in [2.45, 2.75) is 6.92 Å². The molecule has 72 valence electrons. The number of hydrogen-bond acceptors (Lipinski definition) is 3. The summed E-state index contributed by atoms with van der Waals surface area (Å²) in [5, 5.41) is 0.515. The first kappa shape index (κ1) is 9.68. The molecule has 0 spiro atoms. The summed E-state index contributed by atoms with van der Waals surface area (Å²) >= 11 is 9.26. The predicted molar refractivity (Wildman–Crippen MR) is 57.2 cm³/mol. The van der Waals surface area contributed by atoms with Crippen molar-refractivity contribution in [1.82, 2.24) is 9.97 Å². The second-order valence-electron chi connectivity index (χ2n) is 2.76. The second kappa shape index (κ2) is 3.71. The Morgan fingerprint density at radius 3 is 2.71 bits per heavy atom. The average Bonchev–Trinajstić information content (AvgIpc) is 2.51.